The largest absolute Gasteiger partial charge is 0.497 e. The first-order chi connectivity index (χ1) is 13.2. The third kappa shape index (κ3) is 5.72. The summed E-state index contributed by atoms with van der Waals surface area (Å²) in [7, 11) is 1.66. The monoisotopic (exact) mass is 377 g/mol. The van der Waals surface area contributed by atoms with Gasteiger partial charge in [0.05, 0.1) is 19.3 Å². The molecule has 0 atom stereocenters. The molecule has 0 unspecified atom stereocenters. The highest BCUT2D eigenvalue weighted by Gasteiger charge is 2.09. The van der Waals surface area contributed by atoms with E-state index in [4.69, 9.17) is 17.0 Å². The molecule has 0 aliphatic heterocycles. The van der Waals surface area contributed by atoms with Crippen LogP contribution in [0.15, 0.2) is 84.9 Å². The summed E-state index contributed by atoms with van der Waals surface area (Å²) in [4.78, 5) is 0. The molecule has 0 heterocycles. The number of rotatable bonds is 7. The minimum absolute atomic E-state index is 0.575. The molecule has 0 radical (unpaired) electrons. The van der Waals surface area contributed by atoms with E-state index in [0.717, 1.165) is 17.0 Å². The van der Waals surface area contributed by atoms with E-state index in [2.05, 4.69) is 35.0 Å². The van der Waals surface area contributed by atoms with Crippen LogP contribution in [-0.2, 0) is 13.1 Å². The lowest BCUT2D eigenvalue weighted by molar-refractivity contribution is 0.414. The van der Waals surface area contributed by atoms with E-state index in [9.17, 15) is 0 Å². The first-order valence-corrected chi connectivity index (χ1v) is 9.19. The van der Waals surface area contributed by atoms with Gasteiger partial charge >= 0.3 is 0 Å². The number of hydrogen-bond acceptors (Lipinski definition) is 3. The third-order valence-corrected chi connectivity index (χ3v) is 4.34. The normalized spacial score (nSPS) is 10.1. The van der Waals surface area contributed by atoms with Crippen molar-refractivity contribution in [1.29, 1.82) is 0 Å². The summed E-state index contributed by atoms with van der Waals surface area (Å²) in [6, 6.07) is 28.4. The van der Waals surface area contributed by atoms with Crippen molar-refractivity contribution in [2.45, 2.75) is 13.1 Å². The van der Waals surface area contributed by atoms with Crippen LogP contribution in [0.4, 0.5) is 5.69 Å². The molecular formula is C22H23N3OS. The van der Waals surface area contributed by atoms with E-state index >= 15 is 0 Å². The summed E-state index contributed by atoms with van der Waals surface area (Å²) in [5, 5.41) is 5.88. The maximum absolute atomic E-state index is 5.51. The maximum Gasteiger partial charge on any atom is 0.185 e. The molecule has 4 nitrogen and oxygen atoms in total. The molecule has 2 N–H and O–H groups in total. The van der Waals surface area contributed by atoms with Gasteiger partial charge in [-0.05, 0) is 47.6 Å². The van der Waals surface area contributed by atoms with E-state index in [-0.39, 0.29) is 0 Å². The smallest absolute Gasteiger partial charge is 0.185 e. The molecule has 0 spiro atoms. The average Bonchev–Trinajstić information content (AvgIpc) is 2.73. The minimum Gasteiger partial charge on any atom is -0.497 e. The SMILES string of the molecule is COc1ccc(CNC(=S)NN(Cc2ccccc2)c2ccccc2)cc1. The quantitative estimate of drug-likeness (QED) is 0.475. The number of nitrogens with one attached hydrogen (secondary N) is 2. The molecule has 138 valence electrons. The second kappa shape index (κ2) is 9.59. The summed E-state index contributed by atoms with van der Waals surface area (Å²) in [5.74, 6) is 0.845. The van der Waals surface area contributed by atoms with Crippen molar-refractivity contribution in [3.63, 3.8) is 0 Å². The number of para-hydroxylation sites is 1. The Labute approximate surface area is 165 Å². The number of ether oxygens (including phenoxy) is 1. The van der Waals surface area contributed by atoms with Gasteiger partial charge < -0.3 is 10.1 Å². The Bertz CT molecular complexity index is 838. The topological polar surface area (TPSA) is 36.5 Å². The van der Waals surface area contributed by atoms with Gasteiger partial charge in [-0.1, -0.05) is 60.7 Å². The second-order valence-corrected chi connectivity index (χ2v) is 6.46. The number of hydrazine groups is 1. The fourth-order valence-electron chi connectivity index (χ4n) is 2.66. The predicted molar refractivity (Wildman–Crippen MR) is 115 cm³/mol. The molecule has 0 aliphatic rings. The Morgan fingerprint density at radius 3 is 2.11 bits per heavy atom. The van der Waals surface area contributed by atoms with Crippen LogP contribution in [0.25, 0.3) is 0 Å². The van der Waals surface area contributed by atoms with Crippen LogP contribution in [0.1, 0.15) is 11.1 Å². The predicted octanol–water partition coefficient (Wildman–Crippen LogP) is 4.28. The van der Waals surface area contributed by atoms with E-state index in [1.165, 1.54) is 5.56 Å². The molecule has 0 aliphatic carbocycles. The molecule has 27 heavy (non-hydrogen) atoms. The van der Waals surface area contributed by atoms with Crippen molar-refractivity contribution in [3.8, 4) is 5.75 Å². The highest BCUT2D eigenvalue weighted by molar-refractivity contribution is 7.80. The summed E-state index contributed by atoms with van der Waals surface area (Å²) < 4.78 is 5.19. The van der Waals surface area contributed by atoms with Crippen molar-refractivity contribution in [3.05, 3.63) is 96.1 Å². The van der Waals surface area contributed by atoms with Gasteiger partial charge in [0.15, 0.2) is 5.11 Å². The highest BCUT2D eigenvalue weighted by atomic mass is 32.1. The van der Waals surface area contributed by atoms with Crippen LogP contribution in [0, 0.1) is 0 Å². The van der Waals surface area contributed by atoms with Crippen LogP contribution < -0.4 is 20.5 Å². The van der Waals surface area contributed by atoms with Crippen LogP contribution in [-0.4, -0.2) is 12.2 Å². The van der Waals surface area contributed by atoms with E-state index in [1.54, 1.807) is 7.11 Å². The summed E-state index contributed by atoms with van der Waals surface area (Å²) in [6.07, 6.45) is 0. The third-order valence-electron chi connectivity index (χ3n) is 4.10. The number of nitrogens with zero attached hydrogens (tertiary/aromatic N) is 1. The van der Waals surface area contributed by atoms with Crippen LogP contribution in [0.3, 0.4) is 0 Å². The molecule has 3 aromatic rings. The molecular weight excluding hydrogens is 354 g/mol. The molecule has 0 fully saturated rings. The zero-order chi connectivity index (χ0) is 18.9. The molecule has 0 amide bonds. The Hall–Kier alpha value is -3.05. The van der Waals surface area contributed by atoms with E-state index in [1.807, 2.05) is 65.7 Å². The van der Waals surface area contributed by atoms with Crippen molar-refractivity contribution in [2.24, 2.45) is 0 Å². The Balaban J connectivity index is 1.63. The second-order valence-electron chi connectivity index (χ2n) is 6.05. The average molecular weight is 378 g/mol. The zero-order valence-corrected chi connectivity index (χ0v) is 16.1. The van der Waals surface area contributed by atoms with Crippen molar-refractivity contribution in [1.82, 2.24) is 10.7 Å². The number of methoxy groups -OCH3 is 1. The van der Waals surface area contributed by atoms with Gasteiger partial charge in [0.1, 0.15) is 5.75 Å². The summed E-state index contributed by atoms with van der Waals surface area (Å²) in [5.41, 5.74) is 6.69. The number of benzene rings is 3. The molecule has 0 saturated heterocycles. The zero-order valence-electron chi connectivity index (χ0n) is 15.3. The van der Waals surface area contributed by atoms with Gasteiger partial charge in [-0.15, -0.1) is 0 Å². The molecule has 3 rings (SSSR count). The molecule has 0 saturated carbocycles. The van der Waals surface area contributed by atoms with Gasteiger partial charge in [0, 0.05) is 6.54 Å². The van der Waals surface area contributed by atoms with Gasteiger partial charge in [0.25, 0.3) is 0 Å². The minimum atomic E-state index is 0.575. The highest BCUT2D eigenvalue weighted by Crippen LogP contribution is 2.15. The van der Waals surface area contributed by atoms with Crippen LogP contribution in [0.5, 0.6) is 5.75 Å². The Kier molecular flexibility index (Phi) is 6.66. The van der Waals surface area contributed by atoms with Gasteiger partial charge in [-0.25, -0.2) is 0 Å². The fraction of sp³-hybridized carbons (Fsp3) is 0.136. The fourth-order valence-corrected chi connectivity index (χ4v) is 2.84. The Morgan fingerprint density at radius 1 is 0.852 bits per heavy atom. The Morgan fingerprint density at radius 2 is 1.48 bits per heavy atom. The number of thiocarbonyl (C=S) groups is 1. The summed E-state index contributed by atoms with van der Waals surface area (Å²) in [6.45, 7) is 1.35. The molecule has 5 heteroatoms. The van der Waals surface area contributed by atoms with Crippen molar-refractivity contribution < 1.29 is 4.74 Å². The van der Waals surface area contributed by atoms with E-state index in [0.29, 0.717) is 18.2 Å². The molecule has 0 aromatic heterocycles. The van der Waals surface area contributed by atoms with Crippen molar-refractivity contribution in [2.75, 3.05) is 12.1 Å². The van der Waals surface area contributed by atoms with E-state index < -0.39 is 0 Å². The van der Waals surface area contributed by atoms with Gasteiger partial charge in [0.2, 0.25) is 0 Å². The van der Waals surface area contributed by atoms with Crippen LogP contribution in [0.2, 0.25) is 0 Å². The van der Waals surface area contributed by atoms with Gasteiger partial charge in [-0.3, -0.25) is 10.4 Å². The first-order valence-electron chi connectivity index (χ1n) is 8.78. The van der Waals surface area contributed by atoms with Gasteiger partial charge in [-0.2, -0.15) is 0 Å². The standard InChI is InChI=1S/C22H23N3OS/c1-26-21-14-12-18(13-15-21)16-23-22(27)24-25(20-10-6-3-7-11-20)17-19-8-4-2-5-9-19/h2-15H,16-17H2,1H3,(H2,23,24,27). The maximum atomic E-state index is 5.51. The number of anilines is 1. The lowest BCUT2D eigenvalue weighted by Gasteiger charge is -2.27. The lowest BCUT2D eigenvalue weighted by Crippen LogP contribution is -2.46. The van der Waals surface area contributed by atoms with Crippen LogP contribution >= 0.6 is 12.2 Å². The molecule has 0 bridgehead atoms. The first kappa shape index (κ1) is 18.7. The van der Waals surface area contributed by atoms with Crippen molar-refractivity contribution >= 4 is 23.0 Å². The summed E-state index contributed by atoms with van der Waals surface area (Å²) >= 11 is 5.51. The lowest BCUT2D eigenvalue weighted by atomic mass is 10.2. The number of hydrogen-bond donors (Lipinski definition) is 2. The molecule has 3 aromatic carbocycles.